The Balaban J connectivity index is 1.52. The maximum Gasteiger partial charge on any atom is 0.414 e. The van der Waals surface area contributed by atoms with Gasteiger partial charge in [0.25, 0.3) is 0 Å². The second-order valence-electron chi connectivity index (χ2n) is 6.76. The van der Waals surface area contributed by atoms with E-state index in [0.29, 0.717) is 36.8 Å². The zero-order valence-corrected chi connectivity index (χ0v) is 15.6. The van der Waals surface area contributed by atoms with Gasteiger partial charge in [-0.25, -0.2) is 14.2 Å². The van der Waals surface area contributed by atoms with Crippen LogP contribution in [0.15, 0.2) is 42.6 Å². The third-order valence-corrected chi connectivity index (χ3v) is 4.88. The number of ether oxygens (including phenoxy) is 3. The number of rotatable bonds is 5. The molecule has 146 valence electrons. The molecule has 0 unspecified atom stereocenters. The van der Waals surface area contributed by atoms with Gasteiger partial charge in [0.2, 0.25) is 5.88 Å². The van der Waals surface area contributed by atoms with Crippen LogP contribution >= 0.6 is 0 Å². The molecule has 2 aliphatic heterocycles. The number of carbonyl (C=O) groups excluding carboxylic acids is 1. The summed E-state index contributed by atoms with van der Waals surface area (Å²) in [5.74, 6) is 0.139. The predicted molar refractivity (Wildman–Crippen MR) is 102 cm³/mol. The second-order valence-corrected chi connectivity index (χ2v) is 6.76. The number of cyclic esters (lactones) is 1. The average Bonchev–Trinajstić information content (AvgIpc) is 3.08. The first-order valence-electron chi connectivity index (χ1n) is 9.20. The SMILES string of the molecule is Cc1cccnc1OC[C@@H]1COC(=O)N1c1ccc(C2=CCOCC2)c(F)c1. The van der Waals surface area contributed by atoms with Crippen molar-refractivity contribution < 1.29 is 23.4 Å². The third-order valence-electron chi connectivity index (χ3n) is 4.88. The van der Waals surface area contributed by atoms with Crippen molar-refractivity contribution in [3.63, 3.8) is 0 Å². The van der Waals surface area contributed by atoms with Crippen molar-refractivity contribution in [2.24, 2.45) is 0 Å². The van der Waals surface area contributed by atoms with Gasteiger partial charge in [-0.1, -0.05) is 12.1 Å². The van der Waals surface area contributed by atoms with E-state index in [4.69, 9.17) is 14.2 Å². The summed E-state index contributed by atoms with van der Waals surface area (Å²) < 4.78 is 31.0. The zero-order chi connectivity index (χ0) is 19.5. The van der Waals surface area contributed by atoms with Crippen LogP contribution in [-0.2, 0) is 9.47 Å². The number of anilines is 1. The smallest absolute Gasteiger partial charge is 0.414 e. The van der Waals surface area contributed by atoms with E-state index < -0.39 is 6.09 Å². The van der Waals surface area contributed by atoms with E-state index in [1.165, 1.54) is 11.0 Å². The maximum absolute atomic E-state index is 14.7. The van der Waals surface area contributed by atoms with Gasteiger partial charge >= 0.3 is 6.09 Å². The molecule has 1 amide bonds. The van der Waals surface area contributed by atoms with E-state index in [2.05, 4.69) is 4.98 Å². The van der Waals surface area contributed by atoms with E-state index in [1.807, 2.05) is 25.1 Å². The highest BCUT2D eigenvalue weighted by atomic mass is 19.1. The molecule has 0 radical (unpaired) electrons. The summed E-state index contributed by atoms with van der Waals surface area (Å²) in [7, 11) is 0. The fourth-order valence-electron chi connectivity index (χ4n) is 3.38. The van der Waals surface area contributed by atoms with Gasteiger partial charge in [0.05, 0.1) is 18.9 Å². The number of aryl methyl sites for hydroxylation is 1. The molecule has 4 rings (SSSR count). The Morgan fingerprint density at radius 1 is 1.36 bits per heavy atom. The number of hydrogen-bond acceptors (Lipinski definition) is 5. The van der Waals surface area contributed by atoms with Crippen molar-refractivity contribution in [2.45, 2.75) is 19.4 Å². The molecule has 0 N–H and O–H groups in total. The topological polar surface area (TPSA) is 60.9 Å². The normalized spacial score (nSPS) is 19.4. The number of aromatic nitrogens is 1. The average molecular weight is 384 g/mol. The molecule has 1 fully saturated rings. The molecule has 28 heavy (non-hydrogen) atoms. The summed E-state index contributed by atoms with van der Waals surface area (Å²) in [5, 5.41) is 0. The summed E-state index contributed by atoms with van der Waals surface area (Å²) in [4.78, 5) is 17.9. The van der Waals surface area contributed by atoms with Crippen LogP contribution in [0.2, 0.25) is 0 Å². The lowest BCUT2D eigenvalue weighted by Gasteiger charge is -2.22. The first-order valence-corrected chi connectivity index (χ1v) is 9.20. The maximum atomic E-state index is 14.7. The lowest BCUT2D eigenvalue weighted by atomic mass is 10.0. The van der Waals surface area contributed by atoms with Crippen LogP contribution < -0.4 is 9.64 Å². The molecule has 0 aliphatic carbocycles. The summed E-state index contributed by atoms with van der Waals surface area (Å²) in [6.45, 7) is 3.35. The first kappa shape index (κ1) is 18.4. The van der Waals surface area contributed by atoms with Gasteiger partial charge in [-0.2, -0.15) is 0 Å². The highest BCUT2D eigenvalue weighted by molar-refractivity contribution is 5.90. The summed E-state index contributed by atoms with van der Waals surface area (Å²) in [6.07, 6.45) is 3.69. The van der Waals surface area contributed by atoms with Crippen molar-refractivity contribution in [1.82, 2.24) is 4.98 Å². The molecular formula is C21H21FN2O4. The Bertz CT molecular complexity index is 915. The molecule has 6 nitrogen and oxygen atoms in total. The molecule has 1 aromatic heterocycles. The van der Waals surface area contributed by atoms with Gasteiger partial charge in [0, 0.05) is 17.3 Å². The minimum absolute atomic E-state index is 0.177. The monoisotopic (exact) mass is 384 g/mol. The largest absolute Gasteiger partial charge is 0.475 e. The number of benzene rings is 1. The van der Waals surface area contributed by atoms with Crippen LogP contribution in [0.25, 0.3) is 5.57 Å². The lowest BCUT2D eigenvalue weighted by Crippen LogP contribution is -2.38. The van der Waals surface area contributed by atoms with Crippen molar-refractivity contribution in [1.29, 1.82) is 0 Å². The van der Waals surface area contributed by atoms with Crippen LogP contribution in [-0.4, -0.2) is 43.5 Å². The highest BCUT2D eigenvalue weighted by Crippen LogP contribution is 2.30. The molecule has 3 heterocycles. The van der Waals surface area contributed by atoms with Crippen LogP contribution in [0, 0.1) is 12.7 Å². The van der Waals surface area contributed by atoms with E-state index in [1.54, 1.807) is 18.3 Å². The molecule has 0 saturated carbocycles. The predicted octanol–water partition coefficient (Wildman–Crippen LogP) is 3.74. The molecule has 7 heteroatoms. The third kappa shape index (κ3) is 3.71. The number of hydrogen-bond donors (Lipinski definition) is 0. The van der Waals surface area contributed by atoms with Crippen LogP contribution in [0.3, 0.4) is 0 Å². The molecule has 1 saturated heterocycles. The van der Waals surface area contributed by atoms with Crippen molar-refractivity contribution in [3.8, 4) is 5.88 Å². The zero-order valence-electron chi connectivity index (χ0n) is 15.6. The highest BCUT2D eigenvalue weighted by Gasteiger charge is 2.35. The number of amides is 1. The quantitative estimate of drug-likeness (QED) is 0.786. The van der Waals surface area contributed by atoms with Crippen molar-refractivity contribution in [2.75, 3.05) is 31.3 Å². The van der Waals surface area contributed by atoms with Crippen LogP contribution in [0.1, 0.15) is 17.5 Å². The minimum atomic E-state index is -0.510. The lowest BCUT2D eigenvalue weighted by molar-refractivity contribution is 0.161. The molecule has 0 bridgehead atoms. The Morgan fingerprint density at radius 3 is 3.00 bits per heavy atom. The van der Waals surface area contributed by atoms with Crippen molar-refractivity contribution >= 4 is 17.4 Å². The summed E-state index contributed by atoms with van der Waals surface area (Å²) in [5.41, 5.74) is 2.81. The molecule has 2 aliphatic rings. The van der Waals surface area contributed by atoms with Crippen molar-refractivity contribution in [3.05, 3.63) is 59.5 Å². The van der Waals surface area contributed by atoms with Gasteiger partial charge in [-0.05, 0) is 43.2 Å². The van der Waals surface area contributed by atoms with Crippen LogP contribution in [0.5, 0.6) is 5.88 Å². The Kier molecular flexibility index (Phi) is 5.25. The second kappa shape index (κ2) is 7.98. The standard InChI is InChI=1S/C21H21FN2O4/c1-14-3-2-8-23-20(14)27-12-17-13-28-21(25)24(17)16-4-5-18(19(22)11-16)15-6-9-26-10-7-15/h2-6,8,11,17H,7,9-10,12-13H2,1H3/t17-/m1/s1. The van der Waals surface area contributed by atoms with Crippen LogP contribution in [0.4, 0.5) is 14.9 Å². The van der Waals surface area contributed by atoms with Gasteiger partial charge in [0.15, 0.2) is 0 Å². The number of pyridine rings is 1. The first-order chi connectivity index (χ1) is 13.6. The fourth-order valence-corrected chi connectivity index (χ4v) is 3.38. The molecule has 0 spiro atoms. The van der Waals surface area contributed by atoms with Gasteiger partial charge in [-0.3, -0.25) is 4.90 Å². The molecule has 1 aromatic carbocycles. The molecular weight excluding hydrogens is 363 g/mol. The van der Waals surface area contributed by atoms with E-state index in [0.717, 1.165) is 11.1 Å². The number of nitrogens with zero attached hydrogens (tertiary/aromatic N) is 2. The van der Waals surface area contributed by atoms with E-state index in [9.17, 15) is 9.18 Å². The Labute approximate surface area is 162 Å². The van der Waals surface area contributed by atoms with Gasteiger partial charge in [0.1, 0.15) is 25.1 Å². The number of halogens is 1. The van der Waals surface area contributed by atoms with E-state index >= 15 is 0 Å². The molecule has 2 aromatic rings. The fraction of sp³-hybridized carbons (Fsp3) is 0.333. The Morgan fingerprint density at radius 2 is 2.25 bits per heavy atom. The minimum Gasteiger partial charge on any atom is -0.475 e. The summed E-state index contributed by atoms with van der Waals surface area (Å²) in [6, 6.07) is 8.18. The van der Waals surface area contributed by atoms with E-state index in [-0.39, 0.29) is 25.1 Å². The number of carbonyl (C=O) groups is 1. The molecule has 1 atom stereocenters. The van der Waals surface area contributed by atoms with Gasteiger partial charge < -0.3 is 14.2 Å². The Hall–Kier alpha value is -2.93. The van der Waals surface area contributed by atoms with Gasteiger partial charge in [-0.15, -0.1) is 0 Å². The summed E-state index contributed by atoms with van der Waals surface area (Å²) >= 11 is 0.